The minimum absolute atomic E-state index is 0.0482. The lowest BCUT2D eigenvalue weighted by Gasteiger charge is -2.36. The van der Waals surface area contributed by atoms with Gasteiger partial charge < -0.3 is 9.80 Å². The number of anilines is 1. The SMILES string of the molecule is Cc1c(N2CCN(C(=O)c3n[nH]c4c3CCCC4)CC2)c(=O)n(C)c(=O)n1-c1ccccc1. The summed E-state index contributed by atoms with van der Waals surface area (Å²) in [7, 11) is 1.51. The van der Waals surface area contributed by atoms with Crippen molar-refractivity contribution in [1.29, 1.82) is 0 Å². The molecule has 0 unspecified atom stereocenters. The molecule has 172 valence electrons. The maximum atomic E-state index is 13.2. The fraction of sp³-hybridized carbons (Fsp3) is 0.417. The molecule has 0 saturated carbocycles. The maximum absolute atomic E-state index is 13.2. The van der Waals surface area contributed by atoms with Crippen LogP contribution in [0.4, 0.5) is 5.69 Å². The maximum Gasteiger partial charge on any atom is 0.335 e. The van der Waals surface area contributed by atoms with Crippen LogP contribution in [-0.4, -0.2) is 56.3 Å². The number of nitrogens with one attached hydrogen (secondary N) is 1. The zero-order valence-electron chi connectivity index (χ0n) is 19.0. The predicted octanol–water partition coefficient (Wildman–Crippen LogP) is 1.41. The van der Waals surface area contributed by atoms with Gasteiger partial charge >= 0.3 is 5.69 Å². The summed E-state index contributed by atoms with van der Waals surface area (Å²) in [6.07, 6.45) is 4.05. The van der Waals surface area contributed by atoms with Crippen LogP contribution in [0.3, 0.4) is 0 Å². The van der Waals surface area contributed by atoms with Crippen LogP contribution in [0.25, 0.3) is 5.69 Å². The third kappa shape index (κ3) is 3.57. The average molecular weight is 449 g/mol. The molecule has 33 heavy (non-hydrogen) atoms. The number of piperazine rings is 1. The number of aryl methyl sites for hydroxylation is 1. The summed E-state index contributed by atoms with van der Waals surface area (Å²) < 4.78 is 2.73. The van der Waals surface area contributed by atoms with Gasteiger partial charge in [0.1, 0.15) is 5.69 Å². The van der Waals surface area contributed by atoms with Crippen LogP contribution in [0.1, 0.15) is 40.3 Å². The number of hydrogen-bond donors (Lipinski definition) is 1. The van der Waals surface area contributed by atoms with Crippen LogP contribution in [0.2, 0.25) is 0 Å². The largest absolute Gasteiger partial charge is 0.362 e. The van der Waals surface area contributed by atoms with Gasteiger partial charge in [-0.1, -0.05) is 18.2 Å². The summed E-state index contributed by atoms with van der Waals surface area (Å²) in [5.41, 5.74) is 3.84. The van der Waals surface area contributed by atoms with E-state index in [0.29, 0.717) is 48.9 Å². The fourth-order valence-electron chi connectivity index (χ4n) is 4.99. The summed E-state index contributed by atoms with van der Waals surface area (Å²) in [6, 6.07) is 9.32. The van der Waals surface area contributed by atoms with Crippen molar-refractivity contribution >= 4 is 11.6 Å². The van der Waals surface area contributed by atoms with E-state index in [1.54, 1.807) is 11.5 Å². The van der Waals surface area contributed by atoms with E-state index in [1.807, 2.05) is 40.1 Å². The first kappa shape index (κ1) is 21.2. The van der Waals surface area contributed by atoms with E-state index in [0.717, 1.165) is 41.5 Å². The van der Waals surface area contributed by atoms with Crippen molar-refractivity contribution in [3.05, 3.63) is 73.8 Å². The molecular formula is C24H28N6O3. The van der Waals surface area contributed by atoms with E-state index in [1.165, 1.54) is 7.05 Å². The third-order valence-electron chi connectivity index (χ3n) is 6.82. The van der Waals surface area contributed by atoms with Gasteiger partial charge in [-0.15, -0.1) is 0 Å². The van der Waals surface area contributed by atoms with Gasteiger partial charge in [-0.3, -0.25) is 23.8 Å². The molecule has 2 aromatic heterocycles. The Kier molecular flexibility index (Phi) is 5.39. The van der Waals surface area contributed by atoms with Gasteiger partial charge in [0.15, 0.2) is 5.69 Å². The topological polar surface area (TPSA) is 96.2 Å². The number of nitrogens with zero attached hydrogens (tertiary/aromatic N) is 5. The molecule has 0 spiro atoms. The summed E-state index contributed by atoms with van der Waals surface area (Å²) >= 11 is 0. The molecule has 1 fully saturated rings. The lowest BCUT2D eigenvalue weighted by Crippen LogP contribution is -2.52. The van der Waals surface area contributed by atoms with Gasteiger partial charge in [0.05, 0.1) is 11.4 Å². The number of carbonyl (C=O) groups excluding carboxylic acids is 1. The van der Waals surface area contributed by atoms with Crippen LogP contribution in [0.15, 0.2) is 39.9 Å². The van der Waals surface area contributed by atoms with Crippen molar-refractivity contribution in [3.63, 3.8) is 0 Å². The van der Waals surface area contributed by atoms with Crippen molar-refractivity contribution in [3.8, 4) is 5.69 Å². The standard InChI is InChI=1S/C24H28N6O3/c1-16-21(23(32)27(2)24(33)30(16)17-8-4-3-5-9-17)28-12-14-29(15-13-28)22(31)20-18-10-6-7-11-19(18)25-26-20/h3-5,8-9H,6-7,10-15H2,1-2H3,(H,25,26). The van der Waals surface area contributed by atoms with E-state index in [2.05, 4.69) is 10.2 Å². The van der Waals surface area contributed by atoms with Crippen LogP contribution in [0, 0.1) is 6.92 Å². The highest BCUT2D eigenvalue weighted by atomic mass is 16.2. The Hall–Kier alpha value is -3.62. The Balaban J connectivity index is 1.41. The first-order valence-electron chi connectivity index (χ1n) is 11.5. The second-order valence-electron chi connectivity index (χ2n) is 8.77. The van der Waals surface area contributed by atoms with Gasteiger partial charge in [0.2, 0.25) is 0 Å². The predicted molar refractivity (Wildman–Crippen MR) is 125 cm³/mol. The monoisotopic (exact) mass is 448 g/mol. The number of benzene rings is 1. The van der Waals surface area contributed by atoms with E-state index in [9.17, 15) is 14.4 Å². The van der Waals surface area contributed by atoms with Crippen molar-refractivity contribution in [2.45, 2.75) is 32.6 Å². The first-order valence-corrected chi connectivity index (χ1v) is 11.5. The molecule has 0 radical (unpaired) electrons. The van der Waals surface area contributed by atoms with Crippen LogP contribution < -0.4 is 16.1 Å². The zero-order chi connectivity index (χ0) is 23.1. The first-order chi connectivity index (χ1) is 16.0. The molecule has 1 aromatic carbocycles. The number of carbonyl (C=O) groups is 1. The third-order valence-corrected chi connectivity index (χ3v) is 6.82. The number of rotatable bonds is 3. The minimum Gasteiger partial charge on any atom is -0.362 e. The lowest BCUT2D eigenvalue weighted by molar-refractivity contribution is 0.0739. The highest BCUT2D eigenvalue weighted by molar-refractivity contribution is 5.94. The molecule has 5 rings (SSSR count). The number of hydrogen-bond acceptors (Lipinski definition) is 5. The molecule has 0 atom stereocenters. The number of para-hydroxylation sites is 1. The smallest absolute Gasteiger partial charge is 0.335 e. The Labute approximate surface area is 191 Å². The van der Waals surface area contributed by atoms with Crippen molar-refractivity contribution in [2.24, 2.45) is 7.05 Å². The van der Waals surface area contributed by atoms with Gasteiger partial charge in [-0.25, -0.2) is 4.79 Å². The van der Waals surface area contributed by atoms with Crippen LogP contribution >= 0.6 is 0 Å². The summed E-state index contributed by atoms with van der Waals surface area (Å²) in [4.78, 5) is 42.9. The molecule has 9 heteroatoms. The number of fused-ring (bicyclic) bond motifs is 1. The molecule has 1 aliphatic heterocycles. The number of aromatic nitrogens is 4. The van der Waals surface area contributed by atoms with E-state index < -0.39 is 0 Å². The average Bonchev–Trinajstić information content (AvgIpc) is 3.28. The quantitative estimate of drug-likeness (QED) is 0.654. The number of aromatic amines is 1. The molecule has 1 aliphatic carbocycles. The van der Waals surface area contributed by atoms with Crippen molar-refractivity contribution < 1.29 is 4.79 Å². The Morgan fingerprint density at radius 1 is 1.00 bits per heavy atom. The van der Waals surface area contributed by atoms with Gasteiger partial charge in [0.25, 0.3) is 11.5 Å². The second-order valence-corrected chi connectivity index (χ2v) is 8.77. The molecule has 3 aromatic rings. The van der Waals surface area contributed by atoms with Gasteiger partial charge in [0, 0.05) is 44.5 Å². The van der Waals surface area contributed by atoms with Gasteiger partial charge in [-0.2, -0.15) is 5.10 Å². The zero-order valence-corrected chi connectivity index (χ0v) is 19.0. The Morgan fingerprint density at radius 2 is 1.70 bits per heavy atom. The van der Waals surface area contributed by atoms with Crippen LogP contribution in [-0.2, 0) is 19.9 Å². The lowest BCUT2D eigenvalue weighted by atomic mass is 9.95. The number of H-pyrrole nitrogens is 1. The summed E-state index contributed by atoms with van der Waals surface area (Å²) in [5, 5.41) is 7.37. The minimum atomic E-state index is -0.371. The molecule has 3 heterocycles. The molecule has 1 saturated heterocycles. The molecule has 1 N–H and O–H groups in total. The molecule has 2 aliphatic rings. The highest BCUT2D eigenvalue weighted by Crippen LogP contribution is 2.24. The fourth-order valence-corrected chi connectivity index (χ4v) is 4.99. The summed E-state index contributed by atoms with van der Waals surface area (Å²) in [6.45, 7) is 3.82. The Morgan fingerprint density at radius 3 is 2.42 bits per heavy atom. The normalized spacial score (nSPS) is 16.1. The molecule has 1 amide bonds. The van der Waals surface area contributed by atoms with Crippen molar-refractivity contribution in [2.75, 3.05) is 31.1 Å². The molecule has 0 bridgehead atoms. The van der Waals surface area contributed by atoms with Crippen LogP contribution in [0.5, 0.6) is 0 Å². The van der Waals surface area contributed by atoms with E-state index in [4.69, 9.17) is 0 Å². The van der Waals surface area contributed by atoms with E-state index in [-0.39, 0.29) is 17.2 Å². The Bertz CT molecular complexity index is 1310. The number of amides is 1. The molecular weight excluding hydrogens is 420 g/mol. The van der Waals surface area contributed by atoms with E-state index >= 15 is 0 Å². The van der Waals surface area contributed by atoms with Gasteiger partial charge in [-0.05, 0) is 44.7 Å². The summed E-state index contributed by atoms with van der Waals surface area (Å²) in [5.74, 6) is -0.0482. The highest BCUT2D eigenvalue weighted by Gasteiger charge is 2.30. The second kappa shape index (κ2) is 8.38. The van der Waals surface area contributed by atoms with Crippen molar-refractivity contribution in [1.82, 2.24) is 24.2 Å². The molecule has 9 nitrogen and oxygen atoms in total.